The van der Waals surface area contributed by atoms with Gasteiger partial charge in [0.25, 0.3) is 0 Å². The minimum Gasteiger partial charge on any atom is -0.413 e. The van der Waals surface area contributed by atoms with Crippen LogP contribution in [0.1, 0.15) is 66.4 Å². The van der Waals surface area contributed by atoms with E-state index in [1.165, 1.54) is 5.56 Å². The first-order chi connectivity index (χ1) is 12.5. The summed E-state index contributed by atoms with van der Waals surface area (Å²) in [7, 11) is -1.94. The Bertz CT molecular complexity index is 563. The number of hydrogen-bond donors (Lipinski definition) is 0. The van der Waals surface area contributed by atoms with Crippen molar-refractivity contribution in [3.05, 3.63) is 35.9 Å². The van der Waals surface area contributed by atoms with Gasteiger partial charge in [0.05, 0.1) is 18.8 Å². The Morgan fingerprint density at radius 2 is 1.74 bits per heavy atom. The van der Waals surface area contributed by atoms with Crippen molar-refractivity contribution >= 4 is 14.1 Å². The van der Waals surface area contributed by atoms with Crippen LogP contribution in [0.2, 0.25) is 18.1 Å². The molecule has 1 aromatic rings. The molecule has 0 amide bonds. The van der Waals surface area contributed by atoms with Crippen molar-refractivity contribution in [2.24, 2.45) is 5.92 Å². The second-order valence-electron chi connectivity index (χ2n) is 9.36. The van der Waals surface area contributed by atoms with E-state index >= 15 is 0 Å². The van der Waals surface area contributed by atoms with Crippen molar-refractivity contribution in [1.29, 1.82) is 0 Å². The zero-order valence-electron chi connectivity index (χ0n) is 18.7. The number of carbonyl (C=O) groups excluding carboxylic acids is 1. The molecule has 0 radical (unpaired) electrons. The molecule has 0 heterocycles. The van der Waals surface area contributed by atoms with Gasteiger partial charge in [-0.1, -0.05) is 71.4 Å². The summed E-state index contributed by atoms with van der Waals surface area (Å²) in [5, 5.41) is 0.124. The summed E-state index contributed by atoms with van der Waals surface area (Å²) >= 11 is 0. The Morgan fingerprint density at radius 1 is 1.15 bits per heavy atom. The molecule has 0 fully saturated rings. The molecule has 3 atom stereocenters. The number of carbonyl (C=O) groups is 1. The number of Topliss-reactive ketones (excluding diaryl/α,β-unsaturated/α-hetero) is 1. The van der Waals surface area contributed by atoms with Gasteiger partial charge in [-0.3, -0.25) is 4.79 Å². The van der Waals surface area contributed by atoms with E-state index in [2.05, 4.69) is 59.8 Å². The van der Waals surface area contributed by atoms with Crippen LogP contribution in [0, 0.1) is 5.92 Å². The highest BCUT2D eigenvalue weighted by atomic mass is 28.4. The maximum absolute atomic E-state index is 11.9. The van der Waals surface area contributed by atoms with Crippen molar-refractivity contribution in [3.8, 4) is 0 Å². The molecular formula is C23H40O3Si. The lowest BCUT2D eigenvalue weighted by Crippen LogP contribution is -2.45. The number of hydrogen-bond acceptors (Lipinski definition) is 3. The van der Waals surface area contributed by atoms with Gasteiger partial charge < -0.3 is 9.16 Å². The van der Waals surface area contributed by atoms with Gasteiger partial charge in [0.2, 0.25) is 0 Å². The van der Waals surface area contributed by atoms with E-state index < -0.39 is 8.32 Å². The highest BCUT2D eigenvalue weighted by Crippen LogP contribution is 2.38. The summed E-state index contributed by atoms with van der Waals surface area (Å²) in [6.07, 6.45) is 2.30. The van der Waals surface area contributed by atoms with Crippen LogP contribution < -0.4 is 0 Å². The highest BCUT2D eigenvalue weighted by molar-refractivity contribution is 6.74. The lowest BCUT2D eigenvalue weighted by atomic mass is 9.95. The smallest absolute Gasteiger partial charge is 0.192 e. The minimum atomic E-state index is -1.94. The highest BCUT2D eigenvalue weighted by Gasteiger charge is 2.40. The third-order valence-corrected chi connectivity index (χ3v) is 10.4. The monoisotopic (exact) mass is 392 g/mol. The Labute approximate surface area is 168 Å². The van der Waals surface area contributed by atoms with Crippen LogP contribution >= 0.6 is 0 Å². The molecule has 3 nitrogen and oxygen atoms in total. The van der Waals surface area contributed by atoms with Crippen molar-refractivity contribution in [3.63, 3.8) is 0 Å². The lowest BCUT2D eigenvalue weighted by Gasteiger charge is -2.40. The number of ether oxygens (including phenoxy) is 1. The Morgan fingerprint density at radius 3 is 2.22 bits per heavy atom. The summed E-state index contributed by atoms with van der Waals surface area (Å²) in [4.78, 5) is 11.9. The first kappa shape index (κ1) is 24.1. The molecule has 0 saturated carbocycles. The van der Waals surface area contributed by atoms with Gasteiger partial charge in [-0.05, 0) is 43.0 Å². The molecule has 1 rings (SSSR count). The van der Waals surface area contributed by atoms with Crippen LogP contribution in [0.3, 0.4) is 0 Å². The predicted molar refractivity (Wildman–Crippen MR) is 116 cm³/mol. The van der Waals surface area contributed by atoms with E-state index in [0.29, 0.717) is 18.9 Å². The summed E-state index contributed by atoms with van der Waals surface area (Å²) < 4.78 is 12.9. The van der Waals surface area contributed by atoms with E-state index in [4.69, 9.17) is 9.16 Å². The fourth-order valence-corrected chi connectivity index (χ4v) is 4.22. The molecule has 0 aromatic heterocycles. The molecule has 1 aromatic carbocycles. The molecule has 0 aliphatic heterocycles. The van der Waals surface area contributed by atoms with Crippen molar-refractivity contribution < 1.29 is 14.0 Å². The summed E-state index contributed by atoms with van der Waals surface area (Å²) in [6, 6.07) is 10.3. The molecule has 0 bridgehead atoms. The summed E-state index contributed by atoms with van der Waals surface area (Å²) in [5.74, 6) is 0.607. The average Bonchev–Trinajstić information content (AvgIpc) is 2.56. The Hall–Kier alpha value is -0.973. The van der Waals surface area contributed by atoms with Gasteiger partial charge in [-0.15, -0.1) is 0 Å². The molecule has 0 N–H and O–H groups in total. The second kappa shape index (κ2) is 10.5. The number of rotatable bonds is 11. The standard InChI is InChI=1S/C23H40O3Si/c1-9-18(2)22(25-17-20-13-11-10-12-14-20)16-21(15-19(3)24)26-27(7,8)23(4,5)6/h10-14,18,21-22H,9,15-17H2,1-8H3/t18-,21+,22-/m0/s1. The summed E-state index contributed by atoms with van der Waals surface area (Å²) in [6.45, 7) is 17.9. The quantitative estimate of drug-likeness (QED) is 0.410. The third-order valence-electron chi connectivity index (χ3n) is 5.86. The first-order valence-electron chi connectivity index (χ1n) is 10.3. The molecule has 0 spiro atoms. The maximum atomic E-state index is 11.9. The molecule has 27 heavy (non-hydrogen) atoms. The van der Waals surface area contributed by atoms with Crippen LogP contribution in [0.5, 0.6) is 0 Å². The lowest BCUT2D eigenvalue weighted by molar-refractivity contribution is -0.119. The minimum absolute atomic E-state index is 0.0711. The molecule has 0 aliphatic carbocycles. The van der Waals surface area contributed by atoms with Crippen LogP contribution in [-0.2, 0) is 20.6 Å². The van der Waals surface area contributed by atoms with Gasteiger partial charge in [-0.2, -0.15) is 0 Å². The average molecular weight is 393 g/mol. The van der Waals surface area contributed by atoms with E-state index in [1.54, 1.807) is 6.92 Å². The second-order valence-corrected chi connectivity index (χ2v) is 14.1. The SMILES string of the molecule is CC[C@H](C)[C@H](C[C@@H](CC(C)=O)O[Si](C)(C)C(C)(C)C)OCc1ccccc1. The topological polar surface area (TPSA) is 35.5 Å². The van der Waals surface area contributed by atoms with E-state index in [0.717, 1.165) is 12.8 Å². The molecular weight excluding hydrogens is 352 g/mol. The van der Waals surface area contributed by atoms with Crippen LogP contribution in [0.15, 0.2) is 30.3 Å². The van der Waals surface area contributed by atoms with E-state index in [1.807, 2.05) is 18.2 Å². The zero-order valence-corrected chi connectivity index (χ0v) is 19.7. The molecule has 0 aliphatic rings. The van der Waals surface area contributed by atoms with Crippen LogP contribution in [0.25, 0.3) is 0 Å². The molecule has 154 valence electrons. The van der Waals surface area contributed by atoms with Gasteiger partial charge in [-0.25, -0.2) is 0 Å². The zero-order chi connectivity index (χ0) is 20.7. The number of ketones is 1. The summed E-state index contributed by atoms with van der Waals surface area (Å²) in [5.41, 5.74) is 1.18. The van der Waals surface area contributed by atoms with Crippen molar-refractivity contribution in [1.82, 2.24) is 0 Å². The van der Waals surface area contributed by atoms with Gasteiger partial charge >= 0.3 is 0 Å². The maximum Gasteiger partial charge on any atom is 0.192 e. The molecule has 0 saturated heterocycles. The van der Waals surface area contributed by atoms with E-state index in [9.17, 15) is 4.79 Å². The van der Waals surface area contributed by atoms with Crippen LogP contribution in [0.4, 0.5) is 0 Å². The van der Waals surface area contributed by atoms with E-state index in [-0.39, 0.29) is 23.0 Å². The van der Waals surface area contributed by atoms with Gasteiger partial charge in [0, 0.05) is 6.42 Å². The van der Waals surface area contributed by atoms with Gasteiger partial charge in [0.1, 0.15) is 5.78 Å². The predicted octanol–water partition coefficient (Wildman–Crippen LogP) is 6.38. The van der Waals surface area contributed by atoms with Gasteiger partial charge in [0.15, 0.2) is 8.32 Å². The first-order valence-corrected chi connectivity index (χ1v) is 13.2. The Kier molecular flexibility index (Phi) is 9.39. The van der Waals surface area contributed by atoms with Crippen LogP contribution in [-0.4, -0.2) is 26.3 Å². The normalized spacial score (nSPS) is 16.0. The van der Waals surface area contributed by atoms with Crippen molar-refractivity contribution in [2.75, 3.05) is 0 Å². The number of benzene rings is 1. The fourth-order valence-electron chi connectivity index (χ4n) is 2.85. The fraction of sp³-hybridized carbons (Fsp3) is 0.696. The molecule has 4 heteroatoms. The van der Waals surface area contributed by atoms with Crippen molar-refractivity contribution in [2.45, 2.75) is 97.8 Å². The molecule has 0 unspecified atom stereocenters. The third kappa shape index (κ3) is 8.28. The largest absolute Gasteiger partial charge is 0.413 e. The Balaban J connectivity index is 2.88.